The van der Waals surface area contributed by atoms with Crippen LogP contribution in [0.15, 0.2) is 120 Å². The number of nitrogens with zero attached hydrogens (tertiary/aromatic N) is 1. The molecule has 8 rings (SSSR count). The largest absolute Gasteiger partial charge is 0.491 e. The van der Waals surface area contributed by atoms with Crippen LogP contribution in [0, 0.1) is 5.82 Å². The fourth-order valence-corrected chi connectivity index (χ4v) is 6.87. The van der Waals surface area contributed by atoms with Crippen molar-refractivity contribution in [1.29, 1.82) is 0 Å². The molecule has 9 nitrogen and oxygen atoms in total. The SMILES string of the molecule is NC(=O)c1c(Cc2ccc(F)cc2)oc2ccc(-c3cc(C(=O)NC4(c5ccccc5)CC4)ccc3OCCN3C(=O)c4ccccc4C3=O)cc12. The molecule has 4 amide bonds. The van der Waals surface area contributed by atoms with E-state index < -0.39 is 11.4 Å². The molecule has 0 bridgehead atoms. The summed E-state index contributed by atoms with van der Waals surface area (Å²) >= 11 is 0. The van der Waals surface area contributed by atoms with Crippen molar-refractivity contribution in [2.24, 2.45) is 5.73 Å². The molecule has 1 aliphatic carbocycles. The third kappa shape index (κ3) is 5.98. The van der Waals surface area contributed by atoms with Gasteiger partial charge in [-0.15, -0.1) is 0 Å². The summed E-state index contributed by atoms with van der Waals surface area (Å²) in [4.78, 5) is 53.7. The highest BCUT2D eigenvalue weighted by Crippen LogP contribution is 2.46. The molecule has 1 aliphatic heterocycles. The molecule has 1 fully saturated rings. The van der Waals surface area contributed by atoms with Crippen molar-refractivity contribution in [3.8, 4) is 16.9 Å². The first-order valence-electron chi connectivity index (χ1n) is 16.9. The number of ether oxygens (including phenoxy) is 1. The second kappa shape index (κ2) is 13.0. The molecule has 1 aromatic heterocycles. The fraction of sp³-hybridized carbons (Fsp3) is 0.143. The van der Waals surface area contributed by atoms with Crippen LogP contribution in [-0.4, -0.2) is 41.7 Å². The zero-order valence-electron chi connectivity index (χ0n) is 27.9. The number of carbonyl (C=O) groups is 4. The summed E-state index contributed by atoms with van der Waals surface area (Å²) in [5, 5.41) is 3.69. The number of carbonyl (C=O) groups excluding carboxylic acids is 4. The van der Waals surface area contributed by atoms with Gasteiger partial charge in [-0.3, -0.25) is 24.1 Å². The maximum atomic E-state index is 13.8. The van der Waals surface area contributed by atoms with Crippen LogP contribution in [0.5, 0.6) is 5.75 Å². The number of nitrogens with one attached hydrogen (secondary N) is 1. The monoisotopic (exact) mass is 693 g/mol. The van der Waals surface area contributed by atoms with Crippen LogP contribution >= 0.6 is 0 Å². The van der Waals surface area contributed by atoms with Gasteiger partial charge in [-0.25, -0.2) is 4.39 Å². The van der Waals surface area contributed by atoms with Crippen LogP contribution in [0.4, 0.5) is 4.39 Å². The van der Waals surface area contributed by atoms with Crippen molar-refractivity contribution in [3.05, 3.63) is 160 Å². The summed E-state index contributed by atoms with van der Waals surface area (Å²) in [5.74, 6) is -1.36. The Hall–Kier alpha value is -6.55. The number of rotatable bonds is 11. The quantitative estimate of drug-likeness (QED) is 0.140. The van der Waals surface area contributed by atoms with Crippen LogP contribution in [0.25, 0.3) is 22.1 Å². The van der Waals surface area contributed by atoms with Gasteiger partial charge < -0.3 is 20.2 Å². The van der Waals surface area contributed by atoms with E-state index in [-0.39, 0.29) is 48.7 Å². The van der Waals surface area contributed by atoms with E-state index in [9.17, 15) is 23.6 Å². The average Bonchev–Trinajstić information content (AvgIpc) is 3.79. The summed E-state index contributed by atoms with van der Waals surface area (Å²) in [6.07, 6.45) is 1.86. The van der Waals surface area contributed by atoms with E-state index in [0.29, 0.717) is 50.3 Å². The smallest absolute Gasteiger partial charge is 0.261 e. The third-order valence-corrected chi connectivity index (χ3v) is 9.72. The van der Waals surface area contributed by atoms with Gasteiger partial charge in [0.05, 0.1) is 28.8 Å². The number of halogens is 1. The summed E-state index contributed by atoms with van der Waals surface area (Å²) in [7, 11) is 0. The van der Waals surface area contributed by atoms with Crippen LogP contribution in [0.3, 0.4) is 0 Å². The highest BCUT2D eigenvalue weighted by Gasteiger charge is 2.45. The van der Waals surface area contributed by atoms with Gasteiger partial charge in [0.2, 0.25) is 0 Å². The second-order valence-corrected chi connectivity index (χ2v) is 13.0. The van der Waals surface area contributed by atoms with Crippen molar-refractivity contribution in [2.75, 3.05) is 13.2 Å². The minimum Gasteiger partial charge on any atom is -0.491 e. The van der Waals surface area contributed by atoms with Gasteiger partial charge in [-0.05, 0) is 84.1 Å². The fourth-order valence-electron chi connectivity index (χ4n) is 6.87. The molecule has 0 unspecified atom stereocenters. The number of benzene rings is 5. The Morgan fingerprint density at radius 2 is 1.52 bits per heavy atom. The van der Waals surface area contributed by atoms with Crippen LogP contribution in [0.1, 0.15) is 71.2 Å². The lowest BCUT2D eigenvalue weighted by Crippen LogP contribution is -2.34. The van der Waals surface area contributed by atoms with E-state index in [0.717, 1.165) is 28.9 Å². The molecule has 6 aromatic rings. The van der Waals surface area contributed by atoms with Gasteiger partial charge in [0.25, 0.3) is 23.6 Å². The standard InChI is InChI=1S/C42H32FN3O6/c43-29-14-10-25(11-15-29)22-36-37(38(44)47)33-23-26(12-17-35(33)52-36)32-24-27(39(48)45-42(18-19-42)28-6-2-1-3-7-28)13-16-34(32)51-21-20-46-40(49)30-8-4-5-9-31(30)41(46)50/h1-17,23-24H,18-22H2,(H2,44,47)(H,45,48). The molecule has 0 radical (unpaired) electrons. The number of imide groups is 1. The molecule has 10 heteroatoms. The Balaban J connectivity index is 1.13. The number of nitrogens with two attached hydrogens (primary N) is 1. The Morgan fingerprint density at radius 3 is 2.19 bits per heavy atom. The molecule has 52 heavy (non-hydrogen) atoms. The zero-order valence-corrected chi connectivity index (χ0v) is 27.9. The maximum Gasteiger partial charge on any atom is 0.261 e. The maximum absolute atomic E-state index is 13.8. The highest BCUT2D eigenvalue weighted by atomic mass is 19.1. The van der Waals surface area contributed by atoms with Gasteiger partial charge >= 0.3 is 0 Å². The van der Waals surface area contributed by atoms with E-state index in [2.05, 4.69) is 5.32 Å². The predicted molar refractivity (Wildman–Crippen MR) is 191 cm³/mol. The lowest BCUT2D eigenvalue weighted by atomic mass is 9.97. The lowest BCUT2D eigenvalue weighted by Gasteiger charge is -2.19. The summed E-state index contributed by atoms with van der Waals surface area (Å²) in [6, 6.07) is 32.8. The van der Waals surface area contributed by atoms with Crippen molar-refractivity contribution in [2.45, 2.75) is 24.8 Å². The van der Waals surface area contributed by atoms with E-state index >= 15 is 0 Å². The average molecular weight is 694 g/mol. The number of hydrogen-bond acceptors (Lipinski definition) is 6. The summed E-state index contributed by atoms with van der Waals surface area (Å²) < 4.78 is 25.9. The molecule has 2 heterocycles. The van der Waals surface area contributed by atoms with Crippen molar-refractivity contribution < 1.29 is 32.7 Å². The highest BCUT2D eigenvalue weighted by molar-refractivity contribution is 6.21. The Labute approximate surface area is 297 Å². The first-order chi connectivity index (χ1) is 25.2. The first-order valence-corrected chi connectivity index (χ1v) is 16.9. The van der Waals surface area contributed by atoms with Gasteiger partial charge in [-0.1, -0.05) is 60.7 Å². The predicted octanol–water partition coefficient (Wildman–Crippen LogP) is 7.02. The molecule has 0 saturated heterocycles. The van der Waals surface area contributed by atoms with E-state index in [1.807, 2.05) is 30.3 Å². The topological polar surface area (TPSA) is 132 Å². The molecule has 2 aliphatic rings. The number of furan rings is 1. The van der Waals surface area contributed by atoms with E-state index in [1.54, 1.807) is 72.8 Å². The zero-order chi connectivity index (χ0) is 36.0. The van der Waals surface area contributed by atoms with Crippen LogP contribution in [0.2, 0.25) is 0 Å². The molecule has 0 atom stereocenters. The Kier molecular flexibility index (Phi) is 8.14. The Bertz CT molecular complexity index is 2360. The van der Waals surface area contributed by atoms with Gasteiger partial charge in [0, 0.05) is 22.9 Å². The summed E-state index contributed by atoms with van der Waals surface area (Å²) in [5.41, 5.74) is 10.1. The molecule has 0 spiro atoms. The van der Waals surface area contributed by atoms with Gasteiger partial charge in [0.1, 0.15) is 29.5 Å². The minimum atomic E-state index is -0.686. The molecular weight excluding hydrogens is 661 g/mol. The van der Waals surface area contributed by atoms with Crippen molar-refractivity contribution >= 4 is 34.6 Å². The third-order valence-electron chi connectivity index (χ3n) is 9.72. The Morgan fingerprint density at radius 1 is 0.827 bits per heavy atom. The van der Waals surface area contributed by atoms with Gasteiger partial charge in [0.15, 0.2) is 0 Å². The normalized spacial score (nSPS) is 14.4. The van der Waals surface area contributed by atoms with Crippen molar-refractivity contribution in [1.82, 2.24) is 10.2 Å². The lowest BCUT2D eigenvalue weighted by molar-refractivity contribution is 0.0630. The van der Waals surface area contributed by atoms with Gasteiger partial charge in [-0.2, -0.15) is 0 Å². The first kappa shape index (κ1) is 32.6. The van der Waals surface area contributed by atoms with Crippen molar-refractivity contribution in [3.63, 3.8) is 0 Å². The number of fused-ring (bicyclic) bond motifs is 2. The molecular formula is C42H32FN3O6. The molecule has 3 N–H and O–H groups in total. The summed E-state index contributed by atoms with van der Waals surface area (Å²) in [6.45, 7) is -0.00358. The van der Waals surface area contributed by atoms with Crippen LogP contribution in [-0.2, 0) is 12.0 Å². The van der Waals surface area contributed by atoms with Crippen LogP contribution < -0.4 is 15.8 Å². The number of hydrogen-bond donors (Lipinski definition) is 2. The number of amides is 4. The minimum absolute atomic E-state index is 0.00690. The van der Waals surface area contributed by atoms with E-state index in [1.165, 1.54) is 12.1 Å². The second-order valence-electron chi connectivity index (χ2n) is 13.0. The molecule has 1 saturated carbocycles. The number of primary amides is 1. The molecule has 5 aromatic carbocycles. The molecule has 258 valence electrons. The van der Waals surface area contributed by atoms with E-state index in [4.69, 9.17) is 14.9 Å².